The van der Waals surface area contributed by atoms with Crippen molar-refractivity contribution in [3.05, 3.63) is 29.8 Å². The first kappa shape index (κ1) is 56.7. The number of carbonyl (C=O) groups is 10. The summed E-state index contributed by atoms with van der Waals surface area (Å²) in [4.78, 5) is 130. The molecule has 1 aromatic rings. The van der Waals surface area contributed by atoms with Crippen molar-refractivity contribution in [2.24, 2.45) is 23.5 Å². The van der Waals surface area contributed by atoms with E-state index in [0.29, 0.717) is 18.4 Å². The molecule has 0 unspecified atom stereocenters. The number of carboxylic acids is 2. The van der Waals surface area contributed by atoms with Crippen LogP contribution in [0.2, 0.25) is 0 Å². The molecule has 0 radical (unpaired) electrons. The van der Waals surface area contributed by atoms with Gasteiger partial charge in [0.2, 0.25) is 47.3 Å². The van der Waals surface area contributed by atoms with Crippen LogP contribution in [-0.2, 0) is 54.4 Å². The van der Waals surface area contributed by atoms with E-state index in [1.165, 1.54) is 12.1 Å². The minimum absolute atomic E-state index is 0.0124. The Morgan fingerprint density at radius 1 is 0.716 bits per heavy atom. The fourth-order valence-corrected chi connectivity index (χ4v) is 7.02. The van der Waals surface area contributed by atoms with E-state index in [-0.39, 0.29) is 37.5 Å². The molecule has 374 valence electrons. The highest BCUT2D eigenvalue weighted by Gasteiger charge is 2.40. The fourth-order valence-electron chi connectivity index (χ4n) is 7.02. The normalized spacial score (nSPS) is 17.1. The molecule has 1 fully saturated rings. The van der Waals surface area contributed by atoms with E-state index in [1.807, 2.05) is 13.8 Å². The van der Waals surface area contributed by atoms with Crippen LogP contribution in [0.5, 0.6) is 5.75 Å². The van der Waals surface area contributed by atoms with Crippen LogP contribution in [0.25, 0.3) is 0 Å². The van der Waals surface area contributed by atoms with E-state index in [4.69, 9.17) is 5.73 Å². The van der Waals surface area contributed by atoms with Crippen molar-refractivity contribution in [3.63, 3.8) is 0 Å². The van der Waals surface area contributed by atoms with Crippen molar-refractivity contribution in [1.82, 2.24) is 42.1 Å². The van der Waals surface area contributed by atoms with Gasteiger partial charge in [0.15, 0.2) is 0 Å². The number of hydrogen-bond acceptors (Lipinski definition) is 14. The highest BCUT2D eigenvalue weighted by molar-refractivity contribution is 5.98. The van der Waals surface area contributed by atoms with Crippen molar-refractivity contribution in [2.45, 2.75) is 128 Å². The van der Waals surface area contributed by atoms with E-state index in [0.717, 1.165) is 4.90 Å². The number of rotatable bonds is 27. The summed E-state index contributed by atoms with van der Waals surface area (Å²) in [6.07, 6.45) is 0.0662. The second-order valence-corrected chi connectivity index (χ2v) is 17.2. The molecule has 9 atom stereocenters. The average Bonchev–Trinajstić information content (AvgIpc) is 3.77. The molecule has 1 heterocycles. The van der Waals surface area contributed by atoms with Crippen LogP contribution in [-0.4, -0.2) is 164 Å². The largest absolute Gasteiger partial charge is 0.508 e. The van der Waals surface area contributed by atoms with Gasteiger partial charge in [0.1, 0.15) is 48.0 Å². The number of phenolic OH excluding ortho intramolecular Hbond substituents is 1. The van der Waals surface area contributed by atoms with Crippen molar-refractivity contribution in [2.75, 3.05) is 26.3 Å². The van der Waals surface area contributed by atoms with Gasteiger partial charge in [-0.05, 0) is 61.1 Å². The van der Waals surface area contributed by atoms with Gasteiger partial charge >= 0.3 is 11.9 Å². The predicted molar refractivity (Wildman–Crippen MR) is 237 cm³/mol. The lowest BCUT2D eigenvalue weighted by molar-refractivity contribution is -0.146. The Hall–Kier alpha value is -6.40. The summed E-state index contributed by atoms with van der Waals surface area (Å²) in [5.74, 6) is -11.4. The number of nitrogens with two attached hydrogens (primary N) is 1. The number of nitrogens with zero attached hydrogens (tertiary/aromatic N) is 1. The number of hydrogen-bond donors (Lipinski definition) is 13. The second kappa shape index (κ2) is 27.3. The lowest BCUT2D eigenvalue weighted by atomic mass is 9.96. The Balaban J connectivity index is 2.09. The summed E-state index contributed by atoms with van der Waals surface area (Å²) < 4.78 is 0. The third-order valence-corrected chi connectivity index (χ3v) is 11.0. The molecule has 8 amide bonds. The van der Waals surface area contributed by atoms with Gasteiger partial charge in [0.25, 0.3) is 0 Å². The third-order valence-electron chi connectivity index (χ3n) is 11.0. The average molecular weight is 950 g/mol. The van der Waals surface area contributed by atoms with Gasteiger partial charge in [-0.1, -0.05) is 60.1 Å². The number of aliphatic hydroxyl groups excluding tert-OH is 2. The van der Waals surface area contributed by atoms with Crippen LogP contribution in [0.3, 0.4) is 0 Å². The maximum atomic E-state index is 13.6. The number of carboxylic acid groups (broad SMARTS) is 2. The van der Waals surface area contributed by atoms with Gasteiger partial charge in [-0.15, -0.1) is 0 Å². The van der Waals surface area contributed by atoms with E-state index in [1.54, 1.807) is 39.8 Å². The van der Waals surface area contributed by atoms with Crippen molar-refractivity contribution in [1.29, 1.82) is 0 Å². The number of aliphatic carboxylic acids is 2. The fraction of sp³-hybridized carbons (Fsp3) is 0.628. The second-order valence-electron chi connectivity index (χ2n) is 17.2. The first-order valence-electron chi connectivity index (χ1n) is 22.0. The highest BCUT2D eigenvalue weighted by Crippen LogP contribution is 2.20. The van der Waals surface area contributed by atoms with Crippen molar-refractivity contribution >= 4 is 59.2 Å². The maximum Gasteiger partial charge on any atom is 0.326 e. The SMILES string of the molecule is CC[C@H](C)[C@H](NC(=O)[C@H](CC(C)C)NC(=O)[C@@H](N)Cc1ccc(O)cc1)C(=O)N[C@@H](CO)C(=O)NCC(=O)N[C@@H](CC(=O)O)C(=O)N[C@@H](CO)C(=O)N1CCC[C@H]1C(=O)N[C@H](C(=O)O)C(C)C. The molecule has 1 saturated heterocycles. The van der Waals surface area contributed by atoms with Crippen LogP contribution >= 0.6 is 0 Å². The van der Waals surface area contributed by atoms with E-state index in [9.17, 15) is 73.5 Å². The van der Waals surface area contributed by atoms with Gasteiger partial charge in [0, 0.05) is 6.54 Å². The van der Waals surface area contributed by atoms with Crippen molar-refractivity contribution in [3.8, 4) is 5.75 Å². The molecule has 1 aromatic carbocycles. The lowest BCUT2D eigenvalue weighted by Crippen LogP contribution is -2.60. The van der Waals surface area contributed by atoms with Crippen LogP contribution in [0.15, 0.2) is 24.3 Å². The zero-order valence-electron chi connectivity index (χ0n) is 38.6. The summed E-state index contributed by atoms with van der Waals surface area (Å²) in [6, 6.07) is -5.06. The zero-order valence-corrected chi connectivity index (χ0v) is 38.6. The van der Waals surface area contributed by atoms with Gasteiger partial charge in [0.05, 0.1) is 32.2 Å². The molecule has 2 rings (SSSR count). The molecule has 0 aliphatic carbocycles. The molecule has 0 bridgehead atoms. The van der Waals surface area contributed by atoms with E-state index in [2.05, 4.69) is 37.2 Å². The molecular formula is C43H67N9O15. The molecule has 24 nitrogen and oxygen atoms in total. The molecule has 14 N–H and O–H groups in total. The molecule has 67 heavy (non-hydrogen) atoms. The number of benzene rings is 1. The van der Waals surface area contributed by atoms with Gasteiger partial charge in [-0.3, -0.25) is 43.2 Å². The number of amides is 8. The smallest absolute Gasteiger partial charge is 0.326 e. The summed E-state index contributed by atoms with van der Waals surface area (Å²) >= 11 is 0. The quantitative estimate of drug-likeness (QED) is 0.0408. The topological polar surface area (TPSA) is 385 Å². The summed E-state index contributed by atoms with van der Waals surface area (Å²) in [7, 11) is 0. The van der Waals surface area contributed by atoms with Crippen LogP contribution in [0.4, 0.5) is 0 Å². The minimum atomic E-state index is -1.86. The van der Waals surface area contributed by atoms with Crippen LogP contribution in [0, 0.1) is 17.8 Å². The third kappa shape index (κ3) is 18.1. The molecule has 0 spiro atoms. The summed E-state index contributed by atoms with van der Waals surface area (Å²) in [5.41, 5.74) is 6.79. The minimum Gasteiger partial charge on any atom is -0.508 e. The molecule has 1 aliphatic rings. The van der Waals surface area contributed by atoms with E-state index < -0.39 is 146 Å². The zero-order chi connectivity index (χ0) is 50.7. The molecule has 0 aromatic heterocycles. The molecule has 0 saturated carbocycles. The number of carbonyl (C=O) groups excluding carboxylic acids is 8. The Bertz CT molecular complexity index is 1920. The first-order valence-corrected chi connectivity index (χ1v) is 22.0. The standard InChI is InChI=1S/C43H67N9O15/c1-7-23(6)35(51-39(62)27(15-21(2)3)47-36(59)26(44)16-24-10-12-25(55)13-11-24)41(64)48-29(19-53)37(60)45-18-32(56)46-28(17-33(57)58)38(61)49-30(20-54)42(65)52-14-8-9-31(52)40(63)50-34(22(4)5)43(66)67/h10-13,21-23,26-31,34-35,53-55H,7-9,14-20,44H2,1-6H3,(H,45,60)(H,46,56)(H,47,59)(H,48,64)(H,49,61)(H,50,63)(H,51,62)(H,57,58)(H,66,67)/t23-,26-,27-,28-,29-,30-,31-,34-,35-/m0/s1. The predicted octanol–water partition coefficient (Wildman–Crippen LogP) is -3.43. The van der Waals surface area contributed by atoms with E-state index >= 15 is 0 Å². The monoisotopic (exact) mass is 949 g/mol. The Morgan fingerprint density at radius 2 is 1.30 bits per heavy atom. The summed E-state index contributed by atoms with van der Waals surface area (Å²) in [5, 5.41) is 65.0. The molecular weight excluding hydrogens is 883 g/mol. The number of aromatic hydroxyl groups is 1. The maximum absolute atomic E-state index is 13.6. The molecule has 1 aliphatic heterocycles. The van der Waals surface area contributed by atoms with Gasteiger partial charge in [-0.25, -0.2) is 4.79 Å². The molecule has 24 heteroatoms. The number of likely N-dealkylation sites (tertiary alicyclic amines) is 1. The van der Waals surface area contributed by atoms with Crippen molar-refractivity contribution < 1.29 is 73.5 Å². The number of aliphatic hydroxyl groups is 2. The van der Waals surface area contributed by atoms with Crippen LogP contribution in [0.1, 0.15) is 79.2 Å². The lowest BCUT2D eigenvalue weighted by Gasteiger charge is -2.30. The number of phenols is 1. The van der Waals surface area contributed by atoms with Crippen LogP contribution < -0.4 is 43.0 Å². The summed E-state index contributed by atoms with van der Waals surface area (Å²) in [6.45, 7) is 7.27. The van der Waals surface area contributed by atoms with Gasteiger partial charge in [-0.2, -0.15) is 0 Å². The number of nitrogens with one attached hydrogen (secondary N) is 7. The highest BCUT2D eigenvalue weighted by atomic mass is 16.4. The van der Waals surface area contributed by atoms with Gasteiger partial charge < -0.3 is 73.4 Å². The Kier molecular flexibility index (Phi) is 23.1. The Morgan fingerprint density at radius 3 is 1.84 bits per heavy atom. The Labute approximate surface area is 387 Å². The first-order chi connectivity index (χ1) is 31.4.